The molecule has 1 saturated heterocycles. The highest BCUT2D eigenvalue weighted by Crippen LogP contribution is 2.40. The number of pyridine rings is 1. The van der Waals surface area contributed by atoms with E-state index in [9.17, 15) is 29.4 Å². The second kappa shape index (κ2) is 12.8. The fourth-order valence-electron chi connectivity index (χ4n) is 4.82. The first-order chi connectivity index (χ1) is 21.4. The Morgan fingerprint density at radius 2 is 2.13 bits per heavy atom. The molecule has 18 heteroatoms. The maximum absolute atomic E-state index is 13.3. The molecule has 0 saturated carbocycles. The average Bonchev–Trinajstić information content (AvgIpc) is 3.62. The van der Waals surface area contributed by atoms with Crippen molar-refractivity contribution in [3.8, 4) is 0 Å². The SMILES string of the molecule is CNCCCn1cnc2c1ccc[n+]2CC1=C(C(=O)[O-])N2C(=O)[C@@H](NC(=O)/C(=N\OC(C)(C)C(=O)O)c3csc(N)n3)[C@H]2SC1. The number of nitrogens with zero attached hydrogens (tertiary/aromatic N) is 6. The molecule has 2 aliphatic rings. The van der Waals surface area contributed by atoms with Gasteiger partial charge in [-0.15, -0.1) is 23.1 Å². The molecule has 0 bridgehead atoms. The van der Waals surface area contributed by atoms with Crippen molar-refractivity contribution < 1.29 is 38.8 Å². The summed E-state index contributed by atoms with van der Waals surface area (Å²) < 4.78 is 3.85. The number of carbonyl (C=O) groups is 4. The van der Waals surface area contributed by atoms with Crippen molar-refractivity contribution in [1.82, 2.24) is 30.1 Å². The number of nitrogen functional groups attached to an aromatic ring is 1. The van der Waals surface area contributed by atoms with Crippen LogP contribution in [0.2, 0.25) is 0 Å². The highest BCUT2D eigenvalue weighted by Gasteiger charge is 2.53. The number of rotatable bonds is 13. The Balaban J connectivity index is 1.36. The molecule has 5 N–H and O–H groups in total. The molecular formula is C27H31N9O7S2. The number of anilines is 1. The number of imidazole rings is 1. The molecule has 2 amide bonds. The van der Waals surface area contributed by atoms with E-state index in [2.05, 4.69) is 25.8 Å². The van der Waals surface area contributed by atoms with Crippen molar-refractivity contribution in [2.45, 2.75) is 50.4 Å². The Morgan fingerprint density at radius 1 is 1.36 bits per heavy atom. The van der Waals surface area contributed by atoms with E-state index >= 15 is 0 Å². The highest BCUT2D eigenvalue weighted by molar-refractivity contribution is 8.00. The molecule has 16 nitrogen and oxygen atoms in total. The second-order valence-corrected chi connectivity index (χ2v) is 12.8. The van der Waals surface area contributed by atoms with Gasteiger partial charge in [-0.1, -0.05) is 5.16 Å². The lowest BCUT2D eigenvalue weighted by atomic mass is 10.0. The van der Waals surface area contributed by atoms with Crippen molar-refractivity contribution in [3.63, 3.8) is 0 Å². The molecule has 3 aromatic rings. The Morgan fingerprint density at radius 3 is 2.80 bits per heavy atom. The summed E-state index contributed by atoms with van der Waals surface area (Å²) in [4.78, 5) is 65.3. The summed E-state index contributed by atoms with van der Waals surface area (Å²) in [6.07, 6.45) is 4.45. The van der Waals surface area contributed by atoms with Crippen LogP contribution in [0.3, 0.4) is 0 Å². The number of hydrogen-bond donors (Lipinski definition) is 4. The van der Waals surface area contributed by atoms with Crippen LogP contribution >= 0.6 is 23.1 Å². The Bertz CT molecular complexity index is 1730. The van der Waals surface area contributed by atoms with Gasteiger partial charge in [-0.3, -0.25) is 14.5 Å². The number of thiazole rings is 1. The van der Waals surface area contributed by atoms with Crippen LogP contribution in [-0.4, -0.2) is 90.4 Å². The molecule has 238 valence electrons. The minimum absolute atomic E-state index is 0.0180. The number of nitrogens with two attached hydrogens (primary N) is 1. The van der Waals surface area contributed by atoms with Gasteiger partial charge in [-0.2, -0.15) is 0 Å². The first-order valence-corrected chi connectivity index (χ1v) is 15.7. The van der Waals surface area contributed by atoms with Crippen LogP contribution < -0.4 is 26.0 Å². The minimum Gasteiger partial charge on any atom is -0.543 e. The van der Waals surface area contributed by atoms with Crippen LogP contribution in [0, 0.1) is 0 Å². The zero-order valence-corrected chi connectivity index (χ0v) is 26.2. The van der Waals surface area contributed by atoms with Crippen LogP contribution in [-0.2, 0) is 37.1 Å². The van der Waals surface area contributed by atoms with E-state index in [4.69, 9.17) is 10.6 Å². The number of carbonyl (C=O) groups excluding carboxylic acids is 3. The number of carboxylic acid groups (broad SMARTS) is 2. The van der Waals surface area contributed by atoms with Gasteiger partial charge in [0, 0.05) is 23.3 Å². The third kappa shape index (κ3) is 6.34. The predicted octanol–water partition coefficient (Wildman–Crippen LogP) is -1.34. The van der Waals surface area contributed by atoms with Gasteiger partial charge in [-0.05, 0) is 51.0 Å². The van der Waals surface area contributed by atoms with Gasteiger partial charge in [0.25, 0.3) is 11.8 Å². The molecule has 45 heavy (non-hydrogen) atoms. The van der Waals surface area contributed by atoms with E-state index in [0.717, 1.165) is 41.3 Å². The first kappa shape index (κ1) is 31.9. The smallest absolute Gasteiger partial charge is 0.350 e. The van der Waals surface area contributed by atoms with E-state index in [0.29, 0.717) is 11.2 Å². The Hall–Kier alpha value is -4.55. The molecule has 0 spiro atoms. The number of nitrogens with one attached hydrogen (secondary N) is 2. The molecular weight excluding hydrogens is 626 g/mol. The molecule has 5 heterocycles. The number of thioether (sulfide) groups is 1. The second-order valence-electron chi connectivity index (χ2n) is 10.8. The van der Waals surface area contributed by atoms with Crippen molar-refractivity contribution in [2.75, 3.05) is 25.1 Å². The third-order valence-corrected chi connectivity index (χ3v) is 9.24. The molecule has 0 radical (unpaired) electrons. The van der Waals surface area contributed by atoms with Gasteiger partial charge in [0.2, 0.25) is 11.9 Å². The van der Waals surface area contributed by atoms with Crippen LogP contribution in [0.1, 0.15) is 26.0 Å². The maximum Gasteiger partial charge on any atom is 0.350 e. The van der Waals surface area contributed by atoms with Gasteiger partial charge in [0.05, 0.1) is 17.9 Å². The Kier molecular flexibility index (Phi) is 9.08. The first-order valence-electron chi connectivity index (χ1n) is 13.8. The molecule has 3 aromatic heterocycles. The summed E-state index contributed by atoms with van der Waals surface area (Å²) in [5.41, 5.74) is 5.33. The lowest BCUT2D eigenvalue weighted by molar-refractivity contribution is -0.664. The molecule has 5 rings (SSSR count). The number of hydrogen-bond acceptors (Lipinski definition) is 13. The fourth-order valence-corrected chi connectivity index (χ4v) is 6.70. The topological polar surface area (TPSA) is 221 Å². The fraction of sp³-hybridized carbons (Fsp3) is 0.407. The van der Waals surface area contributed by atoms with Crippen LogP contribution in [0.25, 0.3) is 11.2 Å². The van der Waals surface area contributed by atoms with Gasteiger partial charge in [0.15, 0.2) is 10.8 Å². The molecule has 2 atom stereocenters. The van der Waals surface area contributed by atoms with Gasteiger partial charge < -0.3 is 40.8 Å². The van der Waals surface area contributed by atoms with Gasteiger partial charge >= 0.3 is 11.6 Å². The highest BCUT2D eigenvalue weighted by atomic mass is 32.2. The zero-order valence-electron chi connectivity index (χ0n) is 24.6. The summed E-state index contributed by atoms with van der Waals surface area (Å²) >= 11 is 2.31. The monoisotopic (exact) mass is 657 g/mol. The van der Waals surface area contributed by atoms with Gasteiger partial charge in [0.1, 0.15) is 29.2 Å². The van der Waals surface area contributed by atoms with Crippen LogP contribution in [0.4, 0.5) is 5.13 Å². The molecule has 1 fully saturated rings. The number of aryl methyl sites for hydroxylation is 1. The van der Waals surface area contributed by atoms with E-state index in [-0.39, 0.29) is 28.8 Å². The van der Waals surface area contributed by atoms with E-state index in [1.807, 2.05) is 28.3 Å². The normalized spacial score (nSPS) is 18.5. The predicted molar refractivity (Wildman–Crippen MR) is 161 cm³/mol. The molecule has 0 aromatic carbocycles. The maximum atomic E-state index is 13.3. The summed E-state index contributed by atoms with van der Waals surface area (Å²) in [5.74, 6) is -4.12. The number of aliphatic carboxylic acids is 2. The molecule has 2 aliphatic heterocycles. The third-order valence-electron chi connectivity index (χ3n) is 7.22. The summed E-state index contributed by atoms with van der Waals surface area (Å²) in [6.45, 7) is 4.26. The number of aromatic nitrogens is 4. The minimum atomic E-state index is -1.77. The quantitative estimate of drug-likeness (QED) is 0.0552. The lowest BCUT2D eigenvalue weighted by Gasteiger charge is -2.50. The largest absolute Gasteiger partial charge is 0.543 e. The van der Waals surface area contributed by atoms with Crippen molar-refractivity contribution in [1.29, 1.82) is 0 Å². The number of fused-ring (bicyclic) bond motifs is 2. The summed E-state index contributed by atoms with van der Waals surface area (Å²) in [6, 6.07) is 2.69. The van der Waals surface area contributed by atoms with Crippen LogP contribution in [0.15, 0.2) is 46.5 Å². The zero-order chi connectivity index (χ0) is 32.5. The standard InChI is InChI=1S/C27H31N9O7S2/c1-27(2,25(41)42)43-33-17(15-12-45-26(28)31-15)21(37)32-18-22(38)36-19(24(39)40)14(11-44-23(18)36)10-34-8-4-6-16-20(34)30-13-35(16)9-5-7-29-3/h4,6,8,12-13,18,23,29H,5,7,9-11H2,1-3H3,(H4-,28,31,32,37,39,40,41,42)/b33-17-/t18-,23-/m1/s1. The van der Waals surface area contributed by atoms with Gasteiger partial charge in [-0.25, -0.2) is 14.3 Å². The summed E-state index contributed by atoms with van der Waals surface area (Å²) in [5, 5.41) is 32.0. The summed E-state index contributed by atoms with van der Waals surface area (Å²) in [7, 11) is 1.89. The number of carboxylic acids is 2. The lowest BCUT2D eigenvalue weighted by Crippen LogP contribution is -2.71. The molecule has 0 unspecified atom stereocenters. The average molecular weight is 658 g/mol. The van der Waals surface area contributed by atoms with Crippen molar-refractivity contribution >= 4 is 68.9 Å². The van der Waals surface area contributed by atoms with Crippen LogP contribution in [0.5, 0.6) is 0 Å². The van der Waals surface area contributed by atoms with E-state index in [1.165, 1.54) is 31.0 Å². The van der Waals surface area contributed by atoms with E-state index < -0.39 is 46.5 Å². The number of amides is 2. The van der Waals surface area contributed by atoms with Crippen molar-refractivity contribution in [2.24, 2.45) is 5.16 Å². The number of β-lactam (4-membered cyclic amide) rings is 1. The number of oxime groups is 1. The van der Waals surface area contributed by atoms with Crippen molar-refractivity contribution in [3.05, 3.63) is 47.0 Å². The molecule has 0 aliphatic carbocycles. The van der Waals surface area contributed by atoms with E-state index in [1.54, 1.807) is 12.5 Å². The Labute approximate surface area is 264 Å².